The quantitative estimate of drug-likeness (QED) is 0.676. The largest absolute Gasteiger partial charge is 0.350 e. The van der Waals surface area contributed by atoms with Crippen LogP contribution in [0.5, 0.6) is 0 Å². The van der Waals surface area contributed by atoms with E-state index in [-0.39, 0.29) is 11.7 Å². The number of amides is 1. The monoisotopic (exact) mass is 242 g/mol. The van der Waals surface area contributed by atoms with Crippen LogP contribution in [-0.2, 0) is 0 Å². The highest BCUT2D eigenvalue weighted by molar-refractivity contribution is 5.92. The van der Waals surface area contributed by atoms with E-state index in [1.54, 1.807) is 18.2 Å². The van der Waals surface area contributed by atoms with Crippen molar-refractivity contribution in [3.63, 3.8) is 0 Å². The standard InChI is InChI=1S/C12H10N4O2/c1-6(17)7-3-2-4-8(14-7)11-9-5-10(11)16(15-9)12(13)18/h2-5,11H,1H3,(H2,13,18). The predicted octanol–water partition coefficient (Wildman–Crippen LogP) is 0.901. The Bertz CT molecular complexity index is 674. The molecule has 1 unspecified atom stereocenters. The van der Waals surface area contributed by atoms with Crippen molar-refractivity contribution in [2.45, 2.75) is 12.8 Å². The molecule has 3 heterocycles. The summed E-state index contributed by atoms with van der Waals surface area (Å²) in [5.41, 5.74) is 7.78. The lowest BCUT2D eigenvalue weighted by molar-refractivity contribution is 0.101. The van der Waals surface area contributed by atoms with Gasteiger partial charge in [-0.3, -0.25) is 4.79 Å². The van der Waals surface area contributed by atoms with Crippen LogP contribution in [0.3, 0.4) is 0 Å². The zero-order valence-corrected chi connectivity index (χ0v) is 9.62. The maximum atomic E-state index is 11.3. The van der Waals surface area contributed by atoms with Crippen molar-refractivity contribution in [3.05, 3.63) is 47.0 Å². The van der Waals surface area contributed by atoms with Gasteiger partial charge >= 0.3 is 6.03 Å². The van der Waals surface area contributed by atoms with Crippen molar-refractivity contribution >= 4 is 11.8 Å². The number of pyridine rings is 1. The average molecular weight is 242 g/mol. The number of nitrogens with two attached hydrogens (primary N) is 1. The lowest BCUT2D eigenvalue weighted by Crippen LogP contribution is -2.22. The molecular weight excluding hydrogens is 232 g/mol. The van der Waals surface area contributed by atoms with Crippen molar-refractivity contribution in [1.29, 1.82) is 0 Å². The first-order valence-corrected chi connectivity index (χ1v) is 5.45. The Morgan fingerprint density at radius 1 is 1.33 bits per heavy atom. The van der Waals surface area contributed by atoms with E-state index in [4.69, 9.17) is 5.73 Å². The van der Waals surface area contributed by atoms with Crippen molar-refractivity contribution in [2.75, 3.05) is 0 Å². The molecule has 0 spiro atoms. The summed E-state index contributed by atoms with van der Waals surface area (Å²) in [7, 11) is 0. The Labute approximate surface area is 102 Å². The molecule has 1 aliphatic carbocycles. The number of ketones is 1. The van der Waals surface area contributed by atoms with Crippen LogP contribution < -0.4 is 5.73 Å². The Hall–Kier alpha value is -2.50. The van der Waals surface area contributed by atoms with Gasteiger partial charge in [-0.25, -0.2) is 9.78 Å². The van der Waals surface area contributed by atoms with Gasteiger partial charge in [0.25, 0.3) is 0 Å². The Balaban J connectivity index is 2.00. The van der Waals surface area contributed by atoms with Gasteiger partial charge in [-0.1, -0.05) is 6.07 Å². The van der Waals surface area contributed by atoms with E-state index >= 15 is 0 Å². The van der Waals surface area contributed by atoms with Crippen LogP contribution in [0, 0.1) is 0 Å². The van der Waals surface area contributed by atoms with Gasteiger partial charge in [0.05, 0.1) is 23.0 Å². The van der Waals surface area contributed by atoms with E-state index in [1.807, 2.05) is 6.07 Å². The second kappa shape index (κ2) is 3.49. The molecule has 6 nitrogen and oxygen atoms in total. The number of hydrogen-bond donors (Lipinski definition) is 1. The number of Topliss-reactive ketones (excluding diaryl/α,β-unsaturated/α-hetero) is 1. The summed E-state index contributed by atoms with van der Waals surface area (Å²) in [4.78, 5) is 26.7. The van der Waals surface area contributed by atoms with E-state index in [0.29, 0.717) is 17.1 Å². The number of nitrogens with zero attached hydrogens (tertiary/aromatic N) is 3. The van der Waals surface area contributed by atoms with Gasteiger partial charge in [0.2, 0.25) is 0 Å². The Morgan fingerprint density at radius 2 is 2.11 bits per heavy atom. The molecule has 18 heavy (non-hydrogen) atoms. The van der Waals surface area contributed by atoms with Crippen molar-refractivity contribution < 1.29 is 9.59 Å². The number of rotatable bonds is 2. The second-order valence-corrected chi connectivity index (χ2v) is 4.18. The summed E-state index contributed by atoms with van der Waals surface area (Å²) >= 11 is 0. The first-order valence-electron chi connectivity index (χ1n) is 5.45. The minimum atomic E-state index is -0.610. The molecule has 6 heteroatoms. The van der Waals surface area contributed by atoms with Gasteiger partial charge in [-0.15, -0.1) is 0 Å². The normalized spacial score (nSPS) is 16.2. The molecule has 0 radical (unpaired) electrons. The number of hydrogen-bond acceptors (Lipinski definition) is 4. The predicted molar refractivity (Wildman–Crippen MR) is 62.4 cm³/mol. The summed E-state index contributed by atoms with van der Waals surface area (Å²) in [6, 6.07) is 6.42. The Kier molecular flexibility index (Phi) is 2.07. The number of fused-ring (bicyclic) bond motifs is 1. The third kappa shape index (κ3) is 1.35. The zero-order chi connectivity index (χ0) is 12.9. The minimum Gasteiger partial charge on any atom is -0.350 e. The van der Waals surface area contributed by atoms with Crippen LogP contribution in [-0.4, -0.2) is 26.6 Å². The summed E-state index contributed by atoms with van der Waals surface area (Å²) < 4.78 is 1.17. The van der Waals surface area contributed by atoms with Crippen LogP contribution >= 0.6 is 0 Å². The number of carbonyl (C=O) groups is 2. The van der Waals surface area contributed by atoms with Crippen LogP contribution in [0.4, 0.5) is 4.79 Å². The van der Waals surface area contributed by atoms with Crippen molar-refractivity contribution in [2.24, 2.45) is 5.73 Å². The molecule has 0 fully saturated rings. The Morgan fingerprint density at radius 3 is 2.72 bits per heavy atom. The summed E-state index contributed by atoms with van der Waals surface area (Å²) in [5, 5.41) is 4.05. The van der Waals surface area contributed by atoms with Gasteiger partial charge in [0, 0.05) is 6.92 Å². The molecule has 90 valence electrons. The fourth-order valence-electron chi connectivity index (χ4n) is 2.10. The van der Waals surface area contributed by atoms with Gasteiger partial charge in [-0.2, -0.15) is 9.78 Å². The summed E-state index contributed by atoms with van der Waals surface area (Å²) in [5.74, 6) is -0.233. The lowest BCUT2D eigenvalue weighted by Gasteiger charge is -2.17. The van der Waals surface area contributed by atoms with Gasteiger partial charge in [0.15, 0.2) is 5.78 Å². The molecule has 2 N–H and O–H groups in total. The number of aromatic nitrogens is 3. The highest BCUT2D eigenvalue weighted by Gasteiger charge is 2.36. The lowest BCUT2D eigenvalue weighted by atomic mass is 9.89. The molecule has 0 aromatic carbocycles. The number of carbonyl (C=O) groups excluding carboxylic acids is 2. The van der Waals surface area contributed by atoms with Crippen LogP contribution in [0.25, 0.3) is 0 Å². The SMILES string of the molecule is CC(=O)c1cccc(C2c3cc2n(C(N)=O)n3)n1. The highest BCUT2D eigenvalue weighted by Crippen LogP contribution is 2.39. The maximum absolute atomic E-state index is 11.3. The van der Waals surface area contributed by atoms with Crippen LogP contribution in [0.2, 0.25) is 0 Å². The number of primary amides is 1. The fourth-order valence-corrected chi connectivity index (χ4v) is 2.10. The molecule has 0 saturated carbocycles. The average Bonchev–Trinajstić information content (AvgIpc) is 2.87. The van der Waals surface area contributed by atoms with Gasteiger partial charge in [0.1, 0.15) is 5.69 Å². The molecule has 0 saturated heterocycles. The van der Waals surface area contributed by atoms with Gasteiger partial charge < -0.3 is 5.73 Å². The van der Waals surface area contributed by atoms with E-state index in [9.17, 15) is 9.59 Å². The molecular formula is C12H10N4O2. The first kappa shape index (κ1) is 10.6. The topological polar surface area (TPSA) is 90.9 Å². The van der Waals surface area contributed by atoms with E-state index in [1.165, 1.54) is 11.6 Å². The first-order chi connectivity index (χ1) is 8.58. The van der Waals surface area contributed by atoms with E-state index in [0.717, 1.165) is 5.69 Å². The smallest absolute Gasteiger partial charge is 0.339 e. The van der Waals surface area contributed by atoms with Crippen LogP contribution in [0.1, 0.15) is 40.4 Å². The molecule has 2 bridgehead atoms. The highest BCUT2D eigenvalue weighted by atomic mass is 16.2. The molecule has 2 aliphatic rings. The van der Waals surface area contributed by atoms with E-state index < -0.39 is 6.03 Å². The molecule has 4 rings (SSSR count). The van der Waals surface area contributed by atoms with E-state index in [2.05, 4.69) is 10.1 Å². The molecule has 2 aromatic rings. The maximum Gasteiger partial charge on any atom is 0.339 e. The summed E-state index contributed by atoms with van der Waals surface area (Å²) in [6.07, 6.45) is 0. The minimum absolute atomic E-state index is 0.0915. The third-order valence-corrected chi connectivity index (χ3v) is 2.98. The third-order valence-electron chi connectivity index (χ3n) is 2.98. The fraction of sp³-hybridized carbons (Fsp3) is 0.167. The van der Waals surface area contributed by atoms with Gasteiger partial charge in [-0.05, 0) is 18.2 Å². The van der Waals surface area contributed by atoms with Crippen molar-refractivity contribution in [3.8, 4) is 0 Å². The van der Waals surface area contributed by atoms with Crippen molar-refractivity contribution in [1.82, 2.24) is 14.8 Å². The summed E-state index contributed by atoms with van der Waals surface area (Å²) in [6.45, 7) is 1.47. The zero-order valence-electron chi connectivity index (χ0n) is 9.62. The molecule has 2 aromatic heterocycles. The molecule has 1 amide bonds. The van der Waals surface area contributed by atoms with Crippen LogP contribution in [0.15, 0.2) is 24.3 Å². The molecule has 1 atom stereocenters. The second-order valence-electron chi connectivity index (χ2n) is 4.18. The molecule has 1 aliphatic heterocycles.